The highest BCUT2D eigenvalue weighted by Gasteiger charge is 2.23. The fourth-order valence-corrected chi connectivity index (χ4v) is 2.04. The average molecular weight is 376 g/mol. The average Bonchev–Trinajstić information content (AvgIpc) is 2.40. The van der Waals surface area contributed by atoms with Crippen LogP contribution < -0.4 is 15.3 Å². The van der Waals surface area contributed by atoms with Gasteiger partial charge in [0.05, 0.1) is 30.2 Å². The van der Waals surface area contributed by atoms with E-state index in [1.165, 1.54) is 6.07 Å². The molecule has 1 aromatic carbocycles. The van der Waals surface area contributed by atoms with Gasteiger partial charge in [-0.2, -0.15) is 0 Å². The van der Waals surface area contributed by atoms with Gasteiger partial charge in [0, 0.05) is 10.5 Å². The molecule has 0 saturated carbocycles. The maximum Gasteiger partial charge on any atom is 0.379 e. The molecule has 0 aliphatic carbocycles. The molecular formula is C11H13IN4O3. The van der Waals surface area contributed by atoms with E-state index < -0.39 is 0 Å². The molecule has 0 spiro atoms. The number of para-hydroxylation sites is 1. The fourth-order valence-electron chi connectivity index (χ4n) is 1.72. The van der Waals surface area contributed by atoms with Gasteiger partial charge in [-0.3, -0.25) is 0 Å². The predicted molar refractivity (Wildman–Crippen MR) is 77.5 cm³/mol. The Bertz CT molecular complexity index is 594. The molecule has 0 atom stereocenters. The summed E-state index contributed by atoms with van der Waals surface area (Å²) in [5.41, 5.74) is 6.31. The Kier molecular flexibility index (Phi) is 4.53. The van der Waals surface area contributed by atoms with Crippen molar-refractivity contribution in [3.05, 3.63) is 34.4 Å². The van der Waals surface area contributed by atoms with E-state index in [-0.39, 0.29) is 29.0 Å². The Labute approximate surface area is 123 Å². The second-order valence-electron chi connectivity index (χ2n) is 3.85. The maximum atomic E-state index is 12.1. The molecule has 8 heteroatoms. The number of nitrogen functional groups attached to an aromatic ring is 1. The number of hydrogen-bond donors (Lipinski definition) is 1. The van der Waals surface area contributed by atoms with Gasteiger partial charge in [-0.1, -0.05) is 28.7 Å². The van der Waals surface area contributed by atoms with Crippen LogP contribution in [0.5, 0.6) is 0 Å². The first kappa shape index (κ1) is 14.0. The minimum atomic E-state index is 0.105. The number of anilines is 1. The second kappa shape index (κ2) is 6.15. The lowest BCUT2D eigenvalue weighted by molar-refractivity contribution is -0.685. The molecule has 0 radical (unpaired) electrons. The first-order valence-electron chi connectivity index (χ1n) is 5.69. The van der Waals surface area contributed by atoms with Crippen molar-refractivity contribution in [2.24, 2.45) is 0 Å². The minimum absolute atomic E-state index is 0.105. The molecule has 2 rings (SSSR count). The second-order valence-corrected chi connectivity index (χ2v) is 4.93. The van der Waals surface area contributed by atoms with Gasteiger partial charge in [0.1, 0.15) is 0 Å². The molecule has 7 nitrogen and oxygen atoms in total. The van der Waals surface area contributed by atoms with Crippen molar-refractivity contribution in [1.82, 2.24) is 5.10 Å². The molecular weight excluding hydrogens is 363 g/mol. The van der Waals surface area contributed by atoms with Crippen LogP contribution in [-0.4, -0.2) is 22.7 Å². The lowest BCUT2D eigenvalue weighted by Crippen LogP contribution is -2.46. The highest BCUT2D eigenvalue weighted by Crippen LogP contribution is 2.13. The molecule has 0 aliphatic rings. The van der Waals surface area contributed by atoms with E-state index in [0.717, 1.165) is 4.43 Å². The summed E-state index contributed by atoms with van der Waals surface area (Å²) < 4.78 is 6.76. The normalized spacial score (nSPS) is 11.0. The lowest BCUT2D eigenvalue weighted by atomic mass is 10.2. The molecule has 1 aromatic heterocycles. The minimum Gasteiger partial charge on any atom is -0.710 e. The summed E-state index contributed by atoms with van der Waals surface area (Å²) in [5.74, 6) is 0.105. The van der Waals surface area contributed by atoms with Crippen LogP contribution in [0, 0.1) is 10.4 Å². The number of alkyl halides is 1. The van der Waals surface area contributed by atoms with E-state index in [1.54, 1.807) is 12.1 Å². The van der Waals surface area contributed by atoms with E-state index in [2.05, 4.69) is 27.7 Å². The third-order valence-electron chi connectivity index (χ3n) is 2.59. The third-order valence-corrected chi connectivity index (χ3v) is 3.03. The molecule has 1 heterocycles. The number of hydrogen-bond acceptors (Lipinski definition) is 5. The van der Waals surface area contributed by atoms with Crippen LogP contribution in [0.3, 0.4) is 0 Å². The van der Waals surface area contributed by atoms with Gasteiger partial charge in [-0.15, -0.1) is 0 Å². The molecule has 2 aromatic rings. The van der Waals surface area contributed by atoms with E-state index in [4.69, 9.17) is 10.5 Å². The number of ether oxygens (including phenoxy) is 1. The van der Waals surface area contributed by atoms with Crippen molar-refractivity contribution in [3.63, 3.8) is 0 Å². The smallest absolute Gasteiger partial charge is 0.379 e. The predicted octanol–water partition coefficient (Wildman–Crippen LogP) is 0.0779. The van der Waals surface area contributed by atoms with Crippen LogP contribution in [0.15, 0.2) is 18.2 Å². The first-order chi connectivity index (χ1) is 9.15. The number of halogens is 1. The Morgan fingerprint density at radius 3 is 2.84 bits per heavy atom. The van der Waals surface area contributed by atoms with Gasteiger partial charge in [-0.25, -0.2) is 4.73 Å². The zero-order chi connectivity index (χ0) is 13.8. The van der Waals surface area contributed by atoms with Crippen molar-refractivity contribution in [3.8, 4) is 0 Å². The fraction of sp³-hybridized carbons (Fsp3) is 0.364. The SMILES string of the molecule is Nc1cccc2c1[n+]([O-])c(CCOCCI)n[n+]2[O-]. The van der Waals surface area contributed by atoms with Gasteiger partial charge in [0.25, 0.3) is 0 Å². The number of benzene rings is 1. The van der Waals surface area contributed by atoms with E-state index >= 15 is 0 Å². The van der Waals surface area contributed by atoms with Crippen molar-refractivity contribution in [1.29, 1.82) is 0 Å². The summed E-state index contributed by atoms with van der Waals surface area (Å²) in [7, 11) is 0. The molecule has 2 N–H and O–H groups in total. The highest BCUT2D eigenvalue weighted by molar-refractivity contribution is 14.1. The molecule has 0 amide bonds. The van der Waals surface area contributed by atoms with Crippen molar-refractivity contribution < 1.29 is 14.3 Å². The largest absolute Gasteiger partial charge is 0.710 e. The summed E-state index contributed by atoms with van der Waals surface area (Å²) in [4.78, 5) is 0.424. The van der Waals surface area contributed by atoms with Crippen molar-refractivity contribution in [2.75, 3.05) is 23.4 Å². The summed E-state index contributed by atoms with van der Waals surface area (Å²) in [6.07, 6.45) is 0.270. The molecule has 0 saturated heterocycles. The van der Waals surface area contributed by atoms with Gasteiger partial charge in [-0.05, 0) is 6.07 Å². The molecule has 102 valence electrons. The third kappa shape index (κ3) is 2.95. The van der Waals surface area contributed by atoms with Gasteiger partial charge < -0.3 is 20.9 Å². The van der Waals surface area contributed by atoms with Gasteiger partial charge in [0.2, 0.25) is 10.6 Å². The van der Waals surface area contributed by atoms with E-state index in [0.29, 0.717) is 22.8 Å². The van der Waals surface area contributed by atoms with Crippen LogP contribution >= 0.6 is 22.6 Å². The zero-order valence-corrected chi connectivity index (χ0v) is 12.2. The van der Waals surface area contributed by atoms with Crippen LogP contribution in [-0.2, 0) is 11.2 Å². The molecule has 0 aliphatic heterocycles. The summed E-state index contributed by atoms with van der Waals surface area (Å²) >= 11 is 2.19. The number of nitrogens with two attached hydrogens (primary N) is 1. The number of aromatic nitrogens is 3. The summed E-state index contributed by atoms with van der Waals surface area (Å²) in [6.45, 7) is 0.947. The monoisotopic (exact) mass is 376 g/mol. The van der Waals surface area contributed by atoms with Crippen molar-refractivity contribution >= 4 is 39.3 Å². The van der Waals surface area contributed by atoms with Crippen molar-refractivity contribution in [2.45, 2.75) is 6.42 Å². The molecule has 19 heavy (non-hydrogen) atoms. The Balaban J connectivity index is 2.35. The number of nitrogens with zero attached hydrogens (tertiary/aromatic N) is 3. The topological polar surface area (TPSA) is 102 Å². The first-order valence-corrected chi connectivity index (χ1v) is 7.22. The Morgan fingerprint density at radius 1 is 1.32 bits per heavy atom. The van der Waals surface area contributed by atoms with Crippen LogP contribution in [0.1, 0.15) is 5.82 Å². The van der Waals surface area contributed by atoms with Gasteiger partial charge in [0.15, 0.2) is 0 Å². The summed E-state index contributed by atoms with van der Waals surface area (Å²) in [6, 6.07) is 4.69. The Hall–Kier alpha value is -1.42. The number of rotatable bonds is 5. The lowest BCUT2D eigenvalue weighted by Gasteiger charge is -2.09. The van der Waals surface area contributed by atoms with E-state index in [9.17, 15) is 10.4 Å². The number of fused-ring (bicyclic) bond motifs is 1. The Morgan fingerprint density at radius 2 is 2.11 bits per heavy atom. The van der Waals surface area contributed by atoms with Crippen LogP contribution in [0.25, 0.3) is 11.0 Å². The molecule has 0 unspecified atom stereocenters. The van der Waals surface area contributed by atoms with Crippen LogP contribution in [0.4, 0.5) is 5.69 Å². The maximum absolute atomic E-state index is 12.1. The highest BCUT2D eigenvalue weighted by atomic mass is 127. The van der Waals surface area contributed by atoms with E-state index in [1.807, 2.05) is 0 Å². The quantitative estimate of drug-likeness (QED) is 0.199. The van der Waals surface area contributed by atoms with Gasteiger partial charge >= 0.3 is 11.3 Å². The zero-order valence-electron chi connectivity index (χ0n) is 10.1. The summed E-state index contributed by atoms with van der Waals surface area (Å²) in [5, 5.41) is 27.6. The molecule has 0 fully saturated rings. The standard InChI is InChI=1S/C11H13IN4O3/c12-5-7-19-6-4-10-14-16(18)9-3-1-2-8(13)11(9)15(10)17/h1-3H,4-7,13H2. The molecule has 0 bridgehead atoms. The van der Waals surface area contributed by atoms with Crippen LogP contribution in [0.2, 0.25) is 0 Å².